The molecule has 0 aliphatic rings. The van der Waals surface area contributed by atoms with Crippen LogP contribution in [0.3, 0.4) is 0 Å². The minimum absolute atomic E-state index is 0.265. The Morgan fingerprint density at radius 3 is 2.48 bits per heavy atom. The van der Waals surface area contributed by atoms with Gasteiger partial charge in [-0.25, -0.2) is 9.67 Å². The summed E-state index contributed by atoms with van der Waals surface area (Å²) in [7, 11) is 0. The van der Waals surface area contributed by atoms with Crippen molar-refractivity contribution in [3.63, 3.8) is 0 Å². The molecule has 0 fully saturated rings. The van der Waals surface area contributed by atoms with E-state index < -0.39 is 0 Å². The van der Waals surface area contributed by atoms with Crippen LogP contribution in [0.15, 0.2) is 79.5 Å². The number of rotatable bonds is 5. The van der Waals surface area contributed by atoms with Crippen molar-refractivity contribution in [3.05, 3.63) is 79.5 Å². The Hall–Kier alpha value is -3.21. The second-order valence-electron chi connectivity index (χ2n) is 6.10. The Kier molecular flexibility index (Phi) is 4.12. The van der Waals surface area contributed by atoms with Gasteiger partial charge in [0.1, 0.15) is 5.69 Å². The quantitative estimate of drug-likeness (QED) is 0.554. The Morgan fingerprint density at radius 2 is 1.72 bits per heavy atom. The zero-order valence-electron chi connectivity index (χ0n) is 14.0. The normalized spacial score (nSPS) is 12.2. The number of imidazole rings is 1. The third-order valence-corrected chi connectivity index (χ3v) is 4.31. The van der Waals surface area contributed by atoms with Gasteiger partial charge in [-0.3, -0.25) is 0 Å². The number of hydrogen-bond donors (Lipinski definition) is 0. The summed E-state index contributed by atoms with van der Waals surface area (Å²) in [4.78, 5) is 4.10. The van der Waals surface area contributed by atoms with Crippen LogP contribution >= 0.6 is 0 Å². The van der Waals surface area contributed by atoms with Crippen LogP contribution in [0.1, 0.15) is 13.0 Å². The van der Waals surface area contributed by atoms with Gasteiger partial charge in [0.05, 0.1) is 25.1 Å². The van der Waals surface area contributed by atoms with Gasteiger partial charge >= 0.3 is 0 Å². The molecular weight excluding hydrogens is 310 g/mol. The molecule has 0 saturated carbocycles. The van der Waals surface area contributed by atoms with Gasteiger partial charge in [0.2, 0.25) is 0 Å². The van der Waals surface area contributed by atoms with Crippen molar-refractivity contribution in [2.75, 3.05) is 0 Å². The lowest BCUT2D eigenvalue weighted by molar-refractivity contribution is 0.429. The maximum absolute atomic E-state index is 4.40. The Morgan fingerprint density at radius 1 is 0.960 bits per heavy atom. The van der Waals surface area contributed by atoms with Crippen LogP contribution in [0.25, 0.3) is 22.4 Å². The molecule has 0 N–H and O–H groups in total. The minimum atomic E-state index is 0.265. The van der Waals surface area contributed by atoms with Crippen LogP contribution in [0.5, 0.6) is 0 Å². The average Bonchev–Trinajstić information content (AvgIpc) is 3.34. The summed E-state index contributed by atoms with van der Waals surface area (Å²) < 4.78 is 3.96. The molecule has 25 heavy (non-hydrogen) atoms. The van der Waals surface area contributed by atoms with E-state index >= 15 is 0 Å². The number of nitrogens with zero attached hydrogens (tertiary/aromatic N) is 5. The third kappa shape index (κ3) is 3.21. The summed E-state index contributed by atoms with van der Waals surface area (Å²) in [6.45, 7) is 2.89. The van der Waals surface area contributed by atoms with Crippen molar-refractivity contribution < 1.29 is 0 Å². The van der Waals surface area contributed by atoms with Gasteiger partial charge in [-0.05, 0) is 18.1 Å². The van der Waals surface area contributed by atoms with Crippen LogP contribution in [-0.4, -0.2) is 24.5 Å². The first-order valence-corrected chi connectivity index (χ1v) is 8.33. The molecule has 5 heteroatoms. The lowest BCUT2D eigenvalue weighted by atomic mass is 9.98. The second kappa shape index (κ2) is 6.73. The molecule has 1 atom stereocenters. The van der Waals surface area contributed by atoms with Crippen molar-refractivity contribution in [1.82, 2.24) is 24.5 Å². The standard InChI is InChI=1S/C20H19N5/c1-16(24-12-11-21-15-24)13-25-14-20(22-23-25)19-10-6-5-9-18(19)17-7-3-2-4-8-17/h2-12,14-16H,13H2,1H3. The largest absolute Gasteiger partial charge is 0.333 e. The van der Waals surface area contributed by atoms with Crippen molar-refractivity contribution in [3.8, 4) is 22.4 Å². The van der Waals surface area contributed by atoms with Crippen molar-refractivity contribution in [1.29, 1.82) is 0 Å². The number of benzene rings is 2. The summed E-state index contributed by atoms with van der Waals surface area (Å²) in [5.74, 6) is 0. The van der Waals surface area contributed by atoms with E-state index in [0.29, 0.717) is 0 Å². The summed E-state index contributed by atoms with van der Waals surface area (Å²) in [5.41, 5.74) is 4.32. The van der Waals surface area contributed by atoms with E-state index in [0.717, 1.165) is 23.4 Å². The van der Waals surface area contributed by atoms with Crippen LogP contribution in [0.2, 0.25) is 0 Å². The monoisotopic (exact) mass is 329 g/mol. The molecule has 0 amide bonds. The van der Waals surface area contributed by atoms with E-state index in [9.17, 15) is 0 Å². The Balaban J connectivity index is 1.63. The highest BCUT2D eigenvalue weighted by atomic mass is 15.4. The number of hydrogen-bond acceptors (Lipinski definition) is 3. The highest BCUT2D eigenvalue weighted by Crippen LogP contribution is 2.30. The molecule has 124 valence electrons. The maximum atomic E-state index is 4.40. The fourth-order valence-electron chi connectivity index (χ4n) is 2.98. The van der Waals surface area contributed by atoms with Crippen LogP contribution < -0.4 is 0 Å². The average molecular weight is 329 g/mol. The Labute approximate surface area is 146 Å². The first kappa shape index (κ1) is 15.3. The zero-order valence-corrected chi connectivity index (χ0v) is 14.0. The van der Waals surface area contributed by atoms with E-state index in [1.807, 2.05) is 35.5 Å². The molecule has 4 rings (SSSR count). The van der Waals surface area contributed by atoms with Crippen molar-refractivity contribution in [2.24, 2.45) is 0 Å². The predicted molar refractivity (Wildman–Crippen MR) is 97.8 cm³/mol. The van der Waals surface area contributed by atoms with E-state index in [1.165, 1.54) is 5.56 Å². The molecule has 2 heterocycles. The first-order chi connectivity index (χ1) is 12.3. The van der Waals surface area contributed by atoms with Crippen LogP contribution in [0, 0.1) is 0 Å². The molecule has 2 aromatic heterocycles. The number of aromatic nitrogens is 5. The second-order valence-corrected chi connectivity index (χ2v) is 6.10. The van der Waals surface area contributed by atoms with Crippen molar-refractivity contribution >= 4 is 0 Å². The Bertz CT molecular complexity index is 941. The maximum Gasteiger partial charge on any atom is 0.113 e. The molecule has 1 unspecified atom stereocenters. The summed E-state index contributed by atoms with van der Waals surface area (Å²) >= 11 is 0. The van der Waals surface area contributed by atoms with Gasteiger partial charge < -0.3 is 4.57 Å². The van der Waals surface area contributed by atoms with Gasteiger partial charge in [0, 0.05) is 18.0 Å². The molecular formula is C20H19N5. The molecule has 0 aliphatic carbocycles. The summed E-state index contributed by atoms with van der Waals surface area (Å²) in [5, 5.41) is 8.71. The van der Waals surface area contributed by atoms with E-state index in [2.05, 4.69) is 69.3 Å². The van der Waals surface area contributed by atoms with Crippen LogP contribution in [-0.2, 0) is 6.54 Å². The topological polar surface area (TPSA) is 48.5 Å². The van der Waals surface area contributed by atoms with Gasteiger partial charge in [-0.15, -0.1) is 5.10 Å². The molecule has 0 radical (unpaired) electrons. The molecule has 4 aromatic rings. The SMILES string of the molecule is CC(Cn1cc(-c2ccccc2-c2ccccc2)nn1)n1ccnc1. The molecule has 5 nitrogen and oxygen atoms in total. The highest BCUT2D eigenvalue weighted by Gasteiger charge is 2.12. The summed E-state index contributed by atoms with van der Waals surface area (Å²) in [6.07, 6.45) is 7.59. The van der Waals surface area contributed by atoms with E-state index in [-0.39, 0.29) is 6.04 Å². The molecule has 2 aromatic carbocycles. The van der Waals surface area contributed by atoms with Gasteiger partial charge in [0.25, 0.3) is 0 Å². The van der Waals surface area contributed by atoms with E-state index in [4.69, 9.17) is 0 Å². The van der Waals surface area contributed by atoms with Gasteiger partial charge in [-0.1, -0.05) is 59.8 Å². The third-order valence-electron chi connectivity index (χ3n) is 4.31. The van der Waals surface area contributed by atoms with Crippen LogP contribution in [0.4, 0.5) is 0 Å². The zero-order chi connectivity index (χ0) is 17.1. The first-order valence-electron chi connectivity index (χ1n) is 8.33. The van der Waals surface area contributed by atoms with Crippen molar-refractivity contribution in [2.45, 2.75) is 19.5 Å². The molecule has 0 saturated heterocycles. The summed E-state index contributed by atoms with van der Waals surface area (Å²) in [6, 6.07) is 18.9. The molecule has 0 bridgehead atoms. The van der Waals surface area contributed by atoms with Gasteiger partial charge in [0.15, 0.2) is 0 Å². The molecule has 0 aliphatic heterocycles. The molecule has 0 spiro atoms. The van der Waals surface area contributed by atoms with Gasteiger partial charge in [-0.2, -0.15) is 0 Å². The fraction of sp³-hybridized carbons (Fsp3) is 0.150. The smallest absolute Gasteiger partial charge is 0.113 e. The fourth-order valence-corrected chi connectivity index (χ4v) is 2.98. The minimum Gasteiger partial charge on any atom is -0.333 e. The van der Waals surface area contributed by atoms with E-state index in [1.54, 1.807) is 6.20 Å². The lowest BCUT2D eigenvalue weighted by Gasteiger charge is -2.12. The lowest BCUT2D eigenvalue weighted by Crippen LogP contribution is -2.12. The predicted octanol–water partition coefficient (Wildman–Crippen LogP) is 4.07. The highest BCUT2D eigenvalue weighted by molar-refractivity contribution is 5.81.